The first kappa shape index (κ1) is 14.3. The van der Waals surface area contributed by atoms with Crippen LogP contribution in [0.2, 0.25) is 0 Å². The van der Waals surface area contributed by atoms with E-state index in [1.54, 1.807) is 6.07 Å². The van der Waals surface area contributed by atoms with Gasteiger partial charge < -0.3 is 0 Å². The first-order valence-corrected chi connectivity index (χ1v) is 9.73. The van der Waals surface area contributed by atoms with Crippen LogP contribution in [0.25, 0.3) is 32.5 Å². The molecule has 0 saturated carbocycles. The van der Waals surface area contributed by atoms with Gasteiger partial charge in [-0.15, -0.1) is 11.3 Å². The molecule has 3 nitrogen and oxygen atoms in total. The van der Waals surface area contributed by atoms with Crippen LogP contribution < -0.4 is 5.32 Å². The van der Waals surface area contributed by atoms with Crippen LogP contribution in [0.3, 0.4) is 0 Å². The molecular formula is C18H9BrN2OS2. The number of rotatable bonds is 2. The molecule has 116 valence electrons. The number of hydrogen-bond donors (Lipinski definition) is 1. The van der Waals surface area contributed by atoms with E-state index in [9.17, 15) is 4.79 Å². The molecule has 0 atom stereocenters. The van der Waals surface area contributed by atoms with Gasteiger partial charge in [-0.3, -0.25) is 10.1 Å². The lowest BCUT2D eigenvalue weighted by Crippen LogP contribution is -2.09. The molecule has 2 heterocycles. The highest BCUT2D eigenvalue weighted by Gasteiger charge is 2.26. The molecule has 2 aromatic heterocycles. The maximum absolute atomic E-state index is 12.3. The van der Waals surface area contributed by atoms with E-state index in [0.29, 0.717) is 10.0 Å². The van der Waals surface area contributed by atoms with Crippen molar-refractivity contribution in [1.29, 1.82) is 0 Å². The Labute approximate surface area is 154 Å². The van der Waals surface area contributed by atoms with Crippen molar-refractivity contribution >= 4 is 60.4 Å². The summed E-state index contributed by atoms with van der Waals surface area (Å²) in [4.78, 5) is 18.8. The van der Waals surface area contributed by atoms with Crippen LogP contribution in [0.15, 0.2) is 52.3 Å². The molecular weight excluding hydrogens is 404 g/mol. The number of aromatic nitrogens is 1. The molecule has 4 aromatic rings. The van der Waals surface area contributed by atoms with E-state index in [1.165, 1.54) is 39.0 Å². The standard InChI is InChI=1S/C18H9BrN2OS2/c19-13-8-7-12(23-13)17(22)21-18-20-15-10-5-1-3-9-4-2-6-11(14(9)10)16(15)24-18/h1-8H,(H,20,21,22). The minimum atomic E-state index is -0.121. The molecule has 1 aliphatic rings. The molecule has 0 radical (unpaired) electrons. The number of fused-ring (bicyclic) bond motifs is 3. The summed E-state index contributed by atoms with van der Waals surface area (Å²) in [6.45, 7) is 0. The monoisotopic (exact) mass is 412 g/mol. The summed E-state index contributed by atoms with van der Waals surface area (Å²) in [5.74, 6) is -0.121. The van der Waals surface area contributed by atoms with Crippen molar-refractivity contribution in [2.45, 2.75) is 0 Å². The molecule has 6 heteroatoms. The van der Waals surface area contributed by atoms with Crippen molar-refractivity contribution in [3.8, 4) is 21.7 Å². The molecule has 0 fully saturated rings. The molecule has 2 aromatic carbocycles. The van der Waals surface area contributed by atoms with Crippen molar-refractivity contribution in [3.05, 3.63) is 57.2 Å². The van der Waals surface area contributed by atoms with E-state index in [4.69, 9.17) is 0 Å². The Bertz CT molecular complexity index is 1070. The molecule has 0 saturated heterocycles. The van der Waals surface area contributed by atoms with Crippen molar-refractivity contribution in [2.75, 3.05) is 5.32 Å². The number of amides is 1. The summed E-state index contributed by atoms with van der Waals surface area (Å²) in [6.07, 6.45) is 0. The number of thiophene rings is 1. The van der Waals surface area contributed by atoms with Gasteiger partial charge in [0.05, 0.1) is 19.2 Å². The Morgan fingerprint density at radius 3 is 2.54 bits per heavy atom. The second kappa shape index (κ2) is 5.24. The Morgan fingerprint density at radius 2 is 1.79 bits per heavy atom. The number of benzene rings is 2. The maximum Gasteiger partial charge on any atom is 0.267 e. The fourth-order valence-corrected chi connectivity index (χ4v) is 5.35. The van der Waals surface area contributed by atoms with Crippen molar-refractivity contribution in [3.63, 3.8) is 0 Å². The van der Waals surface area contributed by atoms with Gasteiger partial charge in [0.1, 0.15) is 0 Å². The predicted molar refractivity (Wildman–Crippen MR) is 104 cm³/mol. The van der Waals surface area contributed by atoms with Gasteiger partial charge >= 0.3 is 0 Å². The first-order chi connectivity index (χ1) is 11.7. The third kappa shape index (κ3) is 2.07. The molecule has 0 spiro atoms. The molecule has 1 aliphatic carbocycles. The van der Waals surface area contributed by atoms with Crippen LogP contribution in [0.4, 0.5) is 5.13 Å². The highest BCUT2D eigenvalue weighted by molar-refractivity contribution is 9.11. The van der Waals surface area contributed by atoms with E-state index in [0.717, 1.165) is 19.9 Å². The number of anilines is 1. The summed E-state index contributed by atoms with van der Waals surface area (Å²) in [5, 5.41) is 6.05. The van der Waals surface area contributed by atoms with E-state index >= 15 is 0 Å². The summed E-state index contributed by atoms with van der Waals surface area (Å²) < 4.78 is 0.940. The van der Waals surface area contributed by atoms with Crippen LogP contribution in [-0.4, -0.2) is 10.9 Å². The number of carbonyl (C=O) groups is 1. The Morgan fingerprint density at radius 1 is 1.00 bits per heavy atom. The van der Waals surface area contributed by atoms with Crippen LogP contribution in [0.1, 0.15) is 9.67 Å². The molecule has 0 aliphatic heterocycles. The largest absolute Gasteiger partial charge is 0.297 e. The molecule has 0 bridgehead atoms. The molecule has 5 rings (SSSR count). The second-order valence-corrected chi connectivity index (χ2v) is 8.93. The van der Waals surface area contributed by atoms with Crippen LogP contribution in [-0.2, 0) is 0 Å². The summed E-state index contributed by atoms with van der Waals surface area (Å²) in [6, 6.07) is 16.3. The van der Waals surface area contributed by atoms with Gasteiger partial charge in [0.2, 0.25) is 0 Å². The van der Waals surface area contributed by atoms with Crippen LogP contribution >= 0.6 is 38.6 Å². The normalized spacial score (nSPS) is 11.7. The van der Waals surface area contributed by atoms with Crippen LogP contribution in [0.5, 0.6) is 0 Å². The van der Waals surface area contributed by atoms with E-state index < -0.39 is 0 Å². The predicted octanol–water partition coefficient (Wildman–Crippen LogP) is 6.02. The molecule has 1 amide bonds. The summed E-state index contributed by atoms with van der Waals surface area (Å²) in [5.41, 5.74) is 3.32. The number of halogens is 1. The van der Waals surface area contributed by atoms with Gasteiger partial charge in [-0.2, -0.15) is 0 Å². The van der Waals surface area contributed by atoms with Gasteiger partial charge in [-0.1, -0.05) is 47.7 Å². The first-order valence-electron chi connectivity index (χ1n) is 7.31. The molecule has 1 N–H and O–H groups in total. The quantitative estimate of drug-likeness (QED) is 0.385. The average molecular weight is 413 g/mol. The molecule has 24 heavy (non-hydrogen) atoms. The summed E-state index contributed by atoms with van der Waals surface area (Å²) in [7, 11) is 0. The Kier molecular flexibility index (Phi) is 3.13. The summed E-state index contributed by atoms with van der Waals surface area (Å²) >= 11 is 6.32. The Hall–Kier alpha value is -2.02. The number of nitrogens with one attached hydrogen (secondary N) is 1. The lowest BCUT2D eigenvalue weighted by molar-refractivity contribution is 0.103. The topological polar surface area (TPSA) is 42.0 Å². The highest BCUT2D eigenvalue weighted by atomic mass is 79.9. The Balaban J connectivity index is 1.56. The van der Waals surface area contributed by atoms with E-state index in [1.807, 2.05) is 6.07 Å². The zero-order chi connectivity index (χ0) is 16.3. The second-order valence-electron chi connectivity index (χ2n) is 5.46. The van der Waals surface area contributed by atoms with Gasteiger partial charge in [0, 0.05) is 11.1 Å². The minimum Gasteiger partial charge on any atom is -0.297 e. The fraction of sp³-hybridized carbons (Fsp3) is 0. The smallest absolute Gasteiger partial charge is 0.267 e. The number of carbonyl (C=O) groups excluding carboxylic acids is 1. The number of thiazole rings is 1. The highest BCUT2D eigenvalue weighted by Crippen LogP contribution is 2.50. The van der Waals surface area contributed by atoms with Crippen molar-refractivity contribution < 1.29 is 4.79 Å². The van der Waals surface area contributed by atoms with Crippen molar-refractivity contribution in [1.82, 2.24) is 4.98 Å². The molecule has 0 unspecified atom stereocenters. The van der Waals surface area contributed by atoms with E-state index in [-0.39, 0.29) is 5.91 Å². The van der Waals surface area contributed by atoms with Crippen LogP contribution in [0, 0.1) is 0 Å². The zero-order valence-corrected chi connectivity index (χ0v) is 15.4. The fourth-order valence-electron chi connectivity index (χ4n) is 3.06. The minimum absolute atomic E-state index is 0.121. The lowest BCUT2D eigenvalue weighted by Gasteiger charge is -2.02. The van der Waals surface area contributed by atoms with Gasteiger partial charge in [-0.25, -0.2) is 4.98 Å². The third-order valence-electron chi connectivity index (χ3n) is 4.05. The van der Waals surface area contributed by atoms with Crippen molar-refractivity contribution in [2.24, 2.45) is 0 Å². The average Bonchev–Trinajstić information content (AvgIpc) is 3.26. The maximum atomic E-state index is 12.3. The van der Waals surface area contributed by atoms with E-state index in [2.05, 4.69) is 62.6 Å². The lowest BCUT2D eigenvalue weighted by atomic mass is 10.0. The third-order valence-corrected chi connectivity index (χ3v) is 6.68. The van der Waals surface area contributed by atoms with Gasteiger partial charge in [-0.05, 0) is 38.8 Å². The van der Waals surface area contributed by atoms with Gasteiger partial charge in [0.15, 0.2) is 5.13 Å². The zero-order valence-electron chi connectivity index (χ0n) is 12.2. The number of nitrogens with zero attached hydrogens (tertiary/aromatic N) is 1. The van der Waals surface area contributed by atoms with Gasteiger partial charge in [0.25, 0.3) is 5.91 Å². The number of hydrogen-bond acceptors (Lipinski definition) is 4. The SMILES string of the molecule is O=C(Nc1nc2c(s1)-c1cccc3cccc-2c13)c1ccc(Br)s1.